The van der Waals surface area contributed by atoms with Crippen molar-refractivity contribution in [1.82, 2.24) is 10.2 Å². The van der Waals surface area contributed by atoms with Crippen LogP contribution in [0, 0.1) is 10.1 Å². The van der Waals surface area contributed by atoms with Gasteiger partial charge in [0.1, 0.15) is 0 Å². The summed E-state index contributed by atoms with van der Waals surface area (Å²) in [6.45, 7) is 0. The van der Waals surface area contributed by atoms with Gasteiger partial charge < -0.3 is 0 Å². The highest BCUT2D eigenvalue weighted by molar-refractivity contribution is 7.98. The Bertz CT molecular complexity index is 530. The van der Waals surface area contributed by atoms with E-state index >= 15 is 0 Å². The molecule has 0 aliphatic heterocycles. The molecule has 2 aromatic rings. The molecule has 0 unspecified atom stereocenters. The van der Waals surface area contributed by atoms with Gasteiger partial charge in [0.15, 0.2) is 0 Å². The minimum atomic E-state index is -0.379. The molecule has 76 valence electrons. The Morgan fingerprint density at radius 3 is 2.73 bits per heavy atom. The third-order valence-electron chi connectivity index (χ3n) is 2.07. The fourth-order valence-corrected chi connectivity index (χ4v) is 1.97. The summed E-state index contributed by atoms with van der Waals surface area (Å²) in [5, 5.41) is 19.6. The van der Waals surface area contributed by atoms with E-state index in [1.54, 1.807) is 6.07 Å². The molecule has 0 N–H and O–H groups in total. The first-order valence-electron chi connectivity index (χ1n) is 4.16. The van der Waals surface area contributed by atoms with Gasteiger partial charge in [-0.1, -0.05) is 6.07 Å². The van der Waals surface area contributed by atoms with Crippen LogP contribution in [0.4, 0.5) is 5.69 Å². The van der Waals surface area contributed by atoms with Gasteiger partial charge in [0.25, 0.3) is 5.69 Å². The zero-order valence-electron chi connectivity index (χ0n) is 7.88. The zero-order chi connectivity index (χ0) is 10.8. The first-order chi connectivity index (χ1) is 7.24. The van der Waals surface area contributed by atoms with Crippen molar-refractivity contribution < 1.29 is 4.92 Å². The van der Waals surface area contributed by atoms with Crippen molar-refractivity contribution in [1.29, 1.82) is 0 Å². The fraction of sp³-hybridized carbons (Fsp3) is 0.111. The third kappa shape index (κ3) is 1.63. The van der Waals surface area contributed by atoms with Gasteiger partial charge >= 0.3 is 0 Å². The molecule has 6 heteroatoms. The van der Waals surface area contributed by atoms with Crippen LogP contribution in [-0.2, 0) is 0 Å². The standard InChI is InChI=1S/C9H7N3O2S/c1-15-8-3-2-6-4-10-11-5-7(6)9(8)12(13)14/h2-5H,1H3. The number of hydrogen-bond donors (Lipinski definition) is 0. The van der Waals surface area contributed by atoms with E-state index in [1.165, 1.54) is 24.2 Å². The van der Waals surface area contributed by atoms with E-state index in [-0.39, 0.29) is 10.6 Å². The Balaban J connectivity index is 2.85. The molecule has 0 saturated heterocycles. The summed E-state index contributed by atoms with van der Waals surface area (Å²) in [5.41, 5.74) is 0.106. The molecule has 0 amide bonds. The minimum absolute atomic E-state index is 0.106. The second-order valence-corrected chi connectivity index (χ2v) is 3.71. The van der Waals surface area contributed by atoms with Crippen molar-refractivity contribution >= 4 is 28.2 Å². The van der Waals surface area contributed by atoms with Crippen LogP contribution in [0.25, 0.3) is 10.8 Å². The summed E-state index contributed by atoms with van der Waals surface area (Å²) >= 11 is 1.35. The van der Waals surface area contributed by atoms with E-state index in [4.69, 9.17) is 0 Å². The molecule has 0 radical (unpaired) electrons. The fourth-order valence-electron chi connectivity index (χ4n) is 1.39. The summed E-state index contributed by atoms with van der Waals surface area (Å²) < 4.78 is 0. The first-order valence-corrected chi connectivity index (χ1v) is 5.38. The molecule has 2 rings (SSSR count). The average Bonchev–Trinajstić information content (AvgIpc) is 2.27. The molecule has 0 bridgehead atoms. The number of nitrogens with zero attached hydrogens (tertiary/aromatic N) is 3. The molecular formula is C9H7N3O2S. The SMILES string of the molecule is CSc1ccc2cnncc2c1[N+](=O)[O-]. The molecule has 1 aromatic carbocycles. The van der Waals surface area contributed by atoms with E-state index in [2.05, 4.69) is 10.2 Å². The second kappa shape index (κ2) is 3.82. The van der Waals surface area contributed by atoms with Crippen LogP contribution in [0.1, 0.15) is 0 Å². The Morgan fingerprint density at radius 1 is 1.33 bits per heavy atom. The van der Waals surface area contributed by atoms with Crippen LogP contribution in [-0.4, -0.2) is 21.4 Å². The van der Waals surface area contributed by atoms with E-state index < -0.39 is 0 Å². The molecule has 5 nitrogen and oxygen atoms in total. The Labute approximate surface area is 89.7 Å². The van der Waals surface area contributed by atoms with Crippen LogP contribution in [0.2, 0.25) is 0 Å². The van der Waals surface area contributed by atoms with Crippen molar-refractivity contribution in [3.05, 3.63) is 34.6 Å². The van der Waals surface area contributed by atoms with Gasteiger partial charge in [0, 0.05) is 5.39 Å². The third-order valence-corrected chi connectivity index (χ3v) is 2.84. The lowest BCUT2D eigenvalue weighted by atomic mass is 10.2. The van der Waals surface area contributed by atoms with Crippen LogP contribution >= 0.6 is 11.8 Å². The van der Waals surface area contributed by atoms with Crippen LogP contribution in [0.5, 0.6) is 0 Å². The number of thioether (sulfide) groups is 1. The summed E-state index contributed by atoms with van der Waals surface area (Å²) in [7, 11) is 0. The summed E-state index contributed by atoms with van der Waals surface area (Å²) in [5.74, 6) is 0. The average molecular weight is 221 g/mol. The molecule has 0 spiro atoms. The normalized spacial score (nSPS) is 10.5. The van der Waals surface area contributed by atoms with E-state index in [1.807, 2.05) is 12.3 Å². The number of hydrogen-bond acceptors (Lipinski definition) is 5. The van der Waals surface area contributed by atoms with Gasteiger partial charge in [-0.2, -0.15) is 10.2 Å². The van der Waals surface area contributed by atoms with Crippen molar-refractivity contribution in [3.63, 3.8) is 0 Å². The van der Waals surface area contributed by atoms with Crippen molar-refractivity contribution in [2.45, 2.75) is 4.90 Å². The smallest absolute Gasteiger partial charge is 0.258 e. The molecule has 0 aliphatic rings. The predicted octanol–water partition coefficient (Wildman–Crippen LogP) is 2.26. The molecule has 0 saturated carbocycles. The summed E-state index contributed by atoms with van der Waals surface area (Å²) in [4.78, 5) is 11.2. The van der Waals surface area contributed by atoms with Gasteiger partial charge in [0.05, 0.1) is 27.6 Å². The number of rotatable bonds is 2. The lowest BCUT2D eigenvalue weighted by Gasteiger charge is -2.02. The molecule has 0 fully saturated rings. The van der Waals surface area contributed by atoms with Crippen LogP contribution in [0.3, 0.4) is 0 Å². The highest BCUT2D eigenvalue weighted by atomic mass is 32.2. The highest BCUT2D eigenvalue weighted by Gasteiger charge is 2.17. The molecule has 0 atom stereocenters. The maximum Gasteiger partial charge on any atom is 0.292 e. The number of benzene rings is 1. The lowest BCUT2D eigenvalue weighted by Crippen LogP contribution is -1.93. The largest absolute Gasteiger partial charge is 0.292 e. The Hall–Kier alpha value is -1.69. The molecular weight excluding hydrogens is 214 g/mol. The van der Waals surface area contributed by atoms with Gasteiger partial charge in [-0.3, -0.25) is 10.1 Å². The van der Waals surface area contributed by atoms with E-state index in [9.17, 15) is 10.1 Å². The Kier molecular flexibility index (Phi) is 2.51. The first kappa shape index (κ1) is 9.85. The second-order valence-electron chi connectivity index (χ2n) is 2.87. The number of nitro benzene ring substituents is 1. The van der Waals surface area contributed by atoms with E-state index in [0.29, 0.717) is 10.3 Å². The lowest BCUT2D eigenvalue weighted by molar-refractivity contribution is -0.385. The van der Waals surface area contributed by atoms with Crippen LogP contribution in [0.15, 0.2) is 29.4 Å². The summed E-state index contributed by atoms with van der Waals surface area (Å²) in [6.07, 6.45) is 4.75. The van der Waals surface area contributed by atoms with Gasteiger partial charge in [0.2, 0.25) is 0 Å². The van der Waals surface area contributed by atoms with Crippen molar-refractivity contribution in [3.8, 4) is 0 Å². The monoisotopic (exact) mass is 221 g/mol. The maximum atomic E-state index is 10.9. The van der Waals surface area contributed by atoms with Crippen LogP contribution < -0.4 is 0 Å². The van der Waals surface area contributed by atoms with Gasteiger partial charge in [-0.25, -0.2) is 0 Å². The predicted molar refractivity (Wildman–Crippen MR) is 58.0 cm³/mol. The molecule has 15 heavy (non-hydrogen) atoms. The minimum Gasteiger partial charge on any atom is -0.258 e. The van der Waals surface area contributed by atoms with Crippen molar-refractivity contribution in [2.24, 2.45) is 0 Å². The summed E-state index contributed by atoms with van der Waals surface area (Å²) in [6, 6.07) is 3.54. The molecule has 1 heterocycles. The number of fused-ring (bicyclic) bond motifs is 1. The topological polar surface area (TPSA) is 68.9 Å². The highest BCUT2D eigenvalue weighted by Crippen LogP contribution is 2.33. The zero-order valence-corrected chi connectivity index (χ0v) is 8.69. The number of nitro groups is 1. The molecule has 1 aromatic heterocycles. The van der Waals surface area contributed by atoms with Gasteiger partial charge in [-0.15, -0.1) is 11.8 Å². The van der Waals surface area contributed by atoms with Crippen molar-refractivity contribution in [2.75, 3.05) is 6.26 Å². The Morgan fingerprint density at radius 2 is 2.07 bits per heavy atom. The van der Waals surface area contributed by atoms with E-state index in [0.717, 1.165) is 5.39 Å². The van der Waals surface area contributed by atoms with Gasteiger partial charge in [-0.05, 0) is 12.3 Å². The molecule has 0 aliphatic carbocycles. The number of aromatic nitrogens is 2. The maximum absolute atomic E-state index is 10.9. The quantitative estimate of drug-likeness (QED) is 0.442.